The van der Waals surface area contributed by atoms with Crippen molar-refractivity contribution in [3.8, 4) is 0 Å². The third kappa shape index (κ3) is 3.28. The zero-order chi connectivity index (χ0) is 17.3. The van der Waals surface area contributed by atoms with Crippen molar-refractivity contribution in [2.24, 2.45) is 5.16 Å². The Bertz CT molecular complexity index is 655. The molecule has 0 aliphatic carbocycles. The number of likely N-dealkylation sites (N-methyl/N-ethyl adjacent to an activating group) is 1. The lowest BCUT2D eigenvalue weighted by Gasteiger charge is -2.40. The van der Waals surface area contributed by atoms with Gasteiger partial charge in [-0.3, -0.25) is 4.79 Å². The van der Waals surface area contributed by atoms with Crippen LogP contribution in [-0.2, 0) is 9.63 Å². The number of piperazine rings is 1. The van der Waals surface area contributed by atoms with E-state index in [1.54, 1.807) is 0 Å². The zero-order valence-corrected chi connectivity index (χ0v) is 14.8. The molecule has 3 heterocycles. The summed E-state index contributed by atoms with van der Waals surface area (Å²) >= 11 is 0. The Kier molecular flexibility index (Phi) is 4.48. The van der Waals surface area contributed by atoms with Crippen molar-refractivity contribution in [2.45, 2.75) is 30.9 Å². The summed E-state index contributed by atoms with van der Waals surface area (Å²) in [5.74, 6) is 0.0392. The summed E-state index contributed by atoms with van der Waals surface area (Å²) < 4.78 is 0. The second-order valence-corrected chi connectivity index (χ2v) is 7.43. The van der Waals surface area contributed by atoms with E-state index >= 15 is 0 Å². The summed E-state index contributed by atoms with van der Waals surface area (Å²) in [5, 5.41) is 7.56. The van der Waals surface area contributed by atoms with Gasteiger partial charge in [0.05, 0.1) is 6.04 Å². The van der Waals surface area contributed by atoms with Gasteiger partial charge in [0, 0.05) is 38.9 Å². The average molecular weight is 342 g/mol. The molecule has 0 saturated carbocycles. The minimum absolute atomic E-state index is 0.0392. The number of oxime groups is 1. The molecule has 25 heavy (non-hydrogen) atoms. The Morgan fingerprint density at radius 3 is 2.76 bits per heavy atom. The number of carbonyl (C=O) groups excluding carboxylic acids is 1. The molecule has 1 amide bonds. The van der Waals surface area contributed by atoms with Gasteiger partial charge in [0.15, 0.2) is 0 Å². The lowest BCUT2D eigenvalue weighted by Crippen LogP contribution is -2.51. The zero-order valence-electron chi connectivity index (χ0n) is 14.8. The first-order valence-electron chi connectivity index (χ1n) is 9.17. The number of nitrogens with zero attached hydrogens (tertiary/aromatic N) is 3. The first kappa shape index (κ1) is 16.5. The van der Waals surface area contributed by atoms with Crippen molar-refractivity contribution < 1.29 is 9.63 Å². The fourth-order valence-electron chi connectivity index (χ4n) is 4.08. The predicted molar refractivity (Wildman–Crippen MR) is 96.4 cm³/mol. The highest BCUT2D eigenvalue weighted by molar-refractivity contribution is 6.39. The molecule has 1 unspecified atom stereocenters. The van der Waals surface area contributed by atoms with E-state index in [0.29, 0.717) is 12.1 Å². The van der Waals surface area contributed by atoms with Crippen LogP contribution < -0.4 is 5.32 Å². The molecule has 134 valence electrons. The molecule has 1 aromatic carbocycles. The SMILES string of the molecule is CN1CCN(C(=O)C2=NOC3(CCNCC3)C2)C(c2ccccc2)C1. The van der Waals surface area contributed by atoms with Gasteiger partial charge in [0.25, 0.3) is 5.91 Å². The second-order valence-electron chi connectivity index (χ2n) is 7.43. The summed E-state index contributed by atoms with van der Waals surface area (Å²) in [4.78, 5) is 23.2. The first-order chi connectivity index (χ1) is 12.2. The van der Waals surface area contributed by atoms with E-state index in [1.807, 2.05) is 23.1 Å². The van der Waals surface area contributed by atoms with Crippen molar-refractivity contribution in [2.75, 3.05) is 39.8 Å². The molecule has 1 atom stereocenters. The van der Waals surface area contributed by atoms with Crippen molar-refractivity contribution in [1.29, 1.82) is 0 Å². The molecule has 0 bridgehead atoms. The van der Waals surface area contributed by atoms with Crippen LogP contribution in [0.15, 0.2) is 35.5 Å². The van der Waals surface area contributed by atoms with Crippen LogP contribution in [-0.4, -0.2) is 66.8 Å². The van der Waals surface area contributed by atoms with E-state index < -0.39 is 0 Å². The number of piperidine rings is 1. The van der Waals surface area contributed by atoms with Crippen LogP contribution in [0.2, 0.25) is 0 Å². The molecule has 2 fully saturated rings. The molecule has 4 rings (SSSR count). The summed E-state index contributed by atoms with van der Waals surface area (Å²) in [6.07, 6.45) is 2.47. The van der Waals surface area contributed by atoms with Gasteiger partial charge in [0.1, 0.15) is 11.3 Å². The number of nitrogens with one attached hydrogen (secondary N) is 1. The van der Waals surface area contributed by atoms with Crippen LogP contribution >= 0.6 is 0 Å². The van der Waals surface area contributed by atoms with E-state index in [9.17, 15) is 4.79 Å². The van der Waals surface area contributed by atoms with Gasteiger partial charge in [-0.25, -0.2) is 0 Å². The molecular formula is C19H26N4O2. The van der Waals surface area contributed by atoms with Gasteiger partial charge in [-0.2, -0.15) is 0 Å². The number of amides is 1. The minimum atomic E-state index is -0.259. The van der Waals surface area contributed by atoms with Crippen LogP contribution in [0.1, 0.15) is 30.9 Å². The predicted octanol–water partition coefficient (Wildman–Crippen LogP) is 1.40. The molecule has 6 nitrogen and oxygen atoms in total. The fraction of sp³-hybridized carbons (Fsp3) is 0.579. The molecule has 0 aromatic heterocycles. The Morgan fingerprint density at radius 2 is 2.00 bits per heavy atom. The normalized spacial score (nSPS) is 26.4. The maximum absolute atomic E-state index is 13.2. The monoisotopic (exact) mass is 342 g/mol. The van der Waals surface area contributed by atoms with Gasteiger partial charge >= 0.3 is 0 Å². The number of benzene rings is 1. The van der Waals surface area contributed by atoms with Gasteiger partial charge < -0.3 is 20.0 Å². The molecule has 2 saturated heterocycles. The van der Waals surface area contributed by atoms with Crippen LogP contribution in [0, 0.1) is 0 Å². The topological polar surface area (TPSA) is 57.2 Å². The highest BCUT2D eigenvalue weighted by Crippen LogP contribution is 2.34. The Hall–Kier alpha value is -1.92. The van der Waals surface area contributed by atoms with Crippen molar-refractivity contribution in [3.05, 3.63) is 35.9 Å². The Labute approximate surface area is 148 Å². The summed E-state index contributed by atoms with van der Waals surface area (Å²) in [5.41, 5.74) is 1.51. The maximum atomic E-state index is 13.2. The third-order valence-electron chi connectivity index (χ3n) is 5.63. The van der Waals surface area contributed by atoms with Gasteiger partial charge in [-0.05, 0) is 25.7 Å². The molecule has 0 radical (unpaired) electrons. The molecule has 1 spiro atoms. The molecule has 3 aliphatic heterocycles. The van der Waals surface area contributed by atoms with E-state index in [4.69, 9.17) is 4.84 Å². The average Bonchev–Trinajstić information content (AvgIpc) is 3.06. The molecule has 3 aliphatic rings. The highest BCUT2D eigenvalue weighted by atomic mass is 16.7. The van der Waals surface area contributed by atoms with Gasteiger partial charge in [0.2, 0.25) is 0 Å². The highest BCUT2D eigenvalue weighted by Gasteiger charge is 2.44. The van der Waals surface area contributed by atoms with Crippen molar-refractivity contribution in [3.63, 3.8) is 0 Å². The number of carbonyl (C=O) groups is 1. The van der Waals surface area contributed by atoms with E-state index in [-0.39, 0.29) is 17.6 Å². The van der Waals surface area contributed by atoms with Gasteiger partial charge in [-0.1, -0.05) is 35.5 Å². The standard InChI is InChI=1S/C19H26N4O2/c1-22-11-12-23(17(14-22)15-5-3-2-4-6-15)18(24)16-13-19(25-21-16)7-9-20-10-8-19/h2-6,17,20H,7-14H2,1H3. The Balaban J connectivity index is 1.52. The van der Waals surface area contributed by atoms with Crippen LogP contribution in [0.4, 0.5) is 0 Å². The molecule has 1 N–H and O–H groups in total. The van der Waals surface area contributed by atoms with E-state index in [1.165, 1.54) is 5.56 Å². The van der Waals surface area contributed by atoms with Crippen LogP contribution in [0.25, 0.3) is 0 Å². The van der Waals surface area contributed by atoms with Gasteiger partial charge in [-0.15, -0.1) is 0 Å². The molecule has 1 aromatic rings. The third-order valence-corrected chi connectivity index (χ3v) is 5.63. The van der Waals surface area contributed by atoms with Crippen LogP contribution in [0.5, 0.6) is 0 Å². The smallest absolute Gasteiger partial charge is 0.272 e. The quantitative estimate of drug-likeness (QED) is 0.883. The molecule has 6 heteroatoms. The summed E-state index contributed by atoms with van der Waals surface area (Å²) in [6, 6.07) is 10.4. The number of hydrogen-bond acceptors (Lipinski definition) is 5. The maximum Gasteiger partial charge on any atom is 0.272 e. The summed E-state index contributed by atoms with van der Waals surface area (Å²) in [6.45, 7) is 4.32. The lowest BCUT2D eigenvalue weighted by atomic mass is 9.87. The van der Waals surface area contributed by atoms with Crippen molar-refractivity contribution in [1.82, 2.24) is 15.1 Å². The molecular weight excluding hydrogens is 316 g/mol. The number of hydrogen-bond donors (Lipinski definition) is 1. The number of rotatable bonds is 2. The fourth-order valence-corrected chi connectivity index (χ4v) is 4.08. The Morgan fingerprint density at radius 1 is 1.24 bits per heavy atom. The second kappa shape index (κ2) is 6.77. The first-order valence-corrected chi connectivity index (χ1v) is 9.17. The van der Waals surface area contributed by atoms with Crippen LogP contribution in [0.3, 0.4) is 0 Å². The van der Waals surface area contributed by atoms with E-state index in [0.717, 1.165) is 45.6 Å². The lowest BCUT2D eigenvalue weighted by molar-refractivity contribution is -0.128. The largest absolute Gasteiger partial charge is 0.388 e. The summed E-state index contributed by atoms with van der Waals surface area (Å²) in [7, 11) is 2.11. The van der Waals surface area contributed by atoms with Crippen molar-refractivity contribution >= 4 is 11.6 Å². The minimum Gasteiger partial charge on any atom is -0.388 e. The van der Waals surface area contributed by atoms with E-state index in [2.05, 4.69) is 34.6 Å².